The molecule has 0 bridgehead atoms. The van der Waals surface area contributed by atoms with Gasteiger partial charge in [0, 0.05) is 17.0 Å². The van der Waals surface area contributed by atoms with Crippen LogP contribution < -0.4 is 10.6 Å². The van der Waals surface area contributed by atoms with Crippen molar-refractivity contribution in [2.75, 3.05) is 18.5 Å². The van der Waals surface area contributed by atoms with Gasteiger partial charge in [-0.1, -0.05) is 116 Å². The lowest BCUT2D eigenvalue weighted by molar-refractivity contribution is -0.138. The molecule has 12 heteroatoms. The Kier molecular flexibility index (Phi) is 10.5. The van der Waals surface area contributed by atoms with Gasteiger partial charge < -0.3 is 25.6 Å². The number of rotatable bonds is 8. The summed E-state index contributed by atoms with van der Waals surface area (Å²) in [5, 5.41) is 28.9. The van der Waals surface area contributed by atoms with Gasteiger partial charge in [0.2, 0.25) is 11.8 Å². The van der Waals surface area contributed by atoms with Gasteiger partial charge in [-0.05, 0) is 72.8 Å². The maximum atomic E-state index is 17.0. The highest BCUT2D eigenvalue weighted by molar-refractivity contribution is 6.31. The number of nitrogens with one attached hydrogen (secondary N) is 2. The summed E-state index contributed by atoms with van der Waals surface area (Å²) in [4.78, 5) is 37.9. The minimum absolute atomic E-state index is 0.114. The Morgan fingerprint density at radius 3 is 2.29 bits per heavy atom. The van der Waals surface area contributed by atoms with Crippen LogP contribution in [0.1, 0.15) is 92.7 Å². The molecule has 7 atom stereocenters. The minimum atomic E-state index is -1.61. The molecule has 294 valence electrons. The number of amides is 2. The van der Waals surface area contributed by atoms with E-state index in [4.69, 9.17) is 27.9 Å². The molecule has 3 fully saturated rings. The molecule has 4 N–H and O–H groups in total. The molecule has 4 aliphatic rings. The molecule has 4 aromatic rings. The molecule has 8 rings (SSSR count). The maximum Gasteiger partial charge on any atom is 0.238 e. The molecule has 0 unspecified atom stereocenters. The topological polar surface area (TPSA) is 124 Å². The summed E-state index contributed by atoms with van der Waals surface area (Å²) < 4.78 is 23.0. The SMILES string of the molecule is CC1(C)CCC2(CC1)N([C@H](c1ccccc1)[C@@H](O)c1ccccc1)[C@@H](C(=O)N[C@@H]1CC[C@@H](CO)OC1)[C@H](c1cccc(Cl)c1F)[C@]21C(=O)Nc2nc(Cl)ccc21. The van der Waals surface area contributed by atoms with Gasteiger partial charge >= 0.3 is 0 Å². The van der Waals surface area contributed by atoms with Gasteiger partial charge in [0.25, 0.3) is 0 Å². The van der Waals surface area contributed by atoms with E-state index in [0.29, 0.717) is 49.7 Å². The van der Waals surface area contributed by atoms with Crippen molar-refractivity contribution in [1.82, 2.24) is 15.2 Å². The van der Waals surface area contributed by atoms with Crippen LogP contribution in [0.2, 0.25) is 10.2 Å². The van der Waals surface area contributed by atoms with Crippen LogP contribution in [-0.4, -0.2) is 68.9 Å². The van der Waals surface area contributed by atoms with Crippen molar-refractivity contribution in [2.45, 2.75) is 99.6 Å². The maximum absolute atomic E-state index is 17.0. The number of halogens is 3. The number of aromatic nitrogens is 1. The smallest absolute Gasteiger partial charge is 0.238 e. The molecule has 2 amide bonds. The second-order valence-electron chi connectivity index (χ2n) is 16.6. The molecule has 4 heterocycles. The van der Waals surface area contributed by atoms with E-state index < -0.39 is 58.7 Å². The Bertz CT molecular complexity index is 2090. The fourth-order valence-corrected chi connectivity index (χ4v) is 10.6. The normalized spacial score (nSPS) is 27.8. The zero-order valence-electron chi connectivity index (χ0n) is 31.4. The standard InChI is InChI=1S/C44H47Cl2FN4O5/c1-42(2)20-22-43(23-21-42)44(31-18-19-33(46)49-39(31)50-41(44)55)34(30-14-9-15-32(45)35(30)47)37(40(54)48-28-16-17-29(24-52)56-25-28)51(43)36(26-10-5-3-6-11-26)38(53)27-12-7-4-8-13-27/h3-15,18-19,28-29,34,36-38,52-53H,16-17,20-25H2,1-2H3,(H,48,54)(H,49,50,55)/t28-,29+,34+,36-,37-,38+,44-/m1/s1. The summed E-state index contributed by atoms with van der Waals surface area (Å²) in [5.41, 5.74) is -0.928. The molecule has 3 aliphatic heterocycles. The van der Waals surface area contributed by atoms with Crippen molar-refractivity contribution in [3.05, 3.63) is 129 Å². The van der Waals surface area contributed by atoms with Crippen LogP contribution in [-0.2, 0) is 19.7 Å². The van der Waals surface area contributed by atoms with Crippen molar-refractivity contribution < 1.29 is 28.9 Å². The molecule has 9 nitrogen and oxygen atoms in total. The van der Waals surface area contributed by atoms with E-state index in [9.17, 15) is 10.2 Å². The van der Waals surface area contributed by atoms with E-state index in [1.807, 2.05) is 60.7 Å². The zero-order valence-corrected chi connectivity index (χ0v) is 32.9. The first-order valence-electron chi connectivity index (χ1n) is 19.4. The number of carbonyl (C=O) groups is 2. The molecule has 1 aromatic heterocycles. The number of pyridine rings is 1. The summed E-state index contributed by atoms with van der Waals surface area (Å²) in [5.74, 6) is -2.47. The first-order valence-corrected chi connectivity index (χ1v) is 20.2. The Hall–Kier alpha value is -3.90. The summed E-state index contributed by atoms with van der Waals surface area (Å²) >= 11 is 13.1. The third-order valence-corrected chi connectivity index (χ3v) is 13.5. The largest absolute Gasteiger partial charge is 0.394 e. The average molecular weight is 802 g/mol. The molecule has 1 aliphatic carbocycles. The number of anilines is 1. The average Bonchev–Trinajstić information content (AvgIpc) is 3.63. The number of benzene rings is 3. The van der Waals surface area contributed by atoms with Gasteiger partial charge in [-0.2, -0.15) is 0 Å². The number of nitrogens with zero attached hydrogens (tertiary/aromatic N) is 2. The Balaban J connectivity index is 1.46. The molecule has 2 spiro atoms. The van der Waals surface area contributed by atoms with E-state index in [2.05, 4.69) is 34.4 Å². The molecule has 2 saturated heterocycles. The highest BCUT2D eigenvalue weighted by atomic mass is 35.5. The molecule has 56 heavy (non-hydrogen) atoms. The van der Waals surface area contributed by atoms with Gasteiger partial charge in [-0.25, -0.2) is 9.37 Å². The zero-order chi connectivity index (χ0) is 39.4. The lowest BCUT2D eigenvalue weighted by atomic mass is 9.53. The van der Waals surface area contributed by atoms with E-state index in [-0.39, 0.29) is 46.3 Å². The van der Waals surface area contributed by atoms with Crippen molar-refractivity contribution >= 4 is 40.8 Å². The predicted molar refractivity (Wildman–Crippen MR) is 213 cm³/mol. The van der Waals surface area contributed by atoms with Gasteiger partial charge in [0.1, 0.15) is 22.2 Å². The number of carbonyl (C=O) groups excluding carboxylic acids is 2. The summed E-state index contributed by atoms with van der Waals surface area (Å²) in [6, 6.07) is 24.5. The lowest BCUT2D eigenvalue weighted by Gasteiger charge is -2.56. The predicted octanol–water partition coefficient (Wildman–Crippen LogP) is 7.66. The Labute approximate surface area is 336 Å². The number of fused-ring (bicyclic) bond motifs is 3. The molecular weight excluding hydrogens is 754 g/mol. The molecule has 0 radical (unpaired) electrons. The summed E-state index contributed by atoms with van der Waals surface area (Å²) in [6.07, 6.45) is 1.79. The van der Waals surface area contributed by atoms with Crippen molar-refractivity contribution in [2.24, 2.45) is 5.41 Å². The highest BCUT2D eigenvalue weighted by Crippen LogP contribution is 2.69. The summed E-state index contributed by atoms with van der Waals surface area (Å²) in [6.45, 7) is 4.44. The van der Waals surface area contributed by atoms with Crippen LogP contribution in [0.4, 0.5) is 10.2 Å². The Morgan fingerprint density at radius 1 is 0.964 bits per heavy atom. The fourth-order valence-electron chi connectivity index (χ4n) is 10.3. The van der Waals surface area contributed by atoms with Gasteiger partial charge in [0.05, 0.1) is 48.6 Å². The number of hydrogen-bond acceptors (Lipinski definition) is 7. The fraction of sp³-hybridized carbons (Fsp3) is 0.432. The summed E-state index contributed by atoms with van der Waals surface area (Å²) in [7, 11) is 0. The van der Waals surface area contributed by atoms with Crippen LogP contribution in [0.25, 0.3) is 0 Å². The number of ether oxygens (including phenoxy) is 1. The number of likely N-dealkylation sites (tertiary alicyclic amines) is 1. The lowest BCUT2D eigenvalue weighted by Crippen LogP contribution is -2.64. The van der Waals surface area contributed by atoms with Crippen LogP contribution in [0.3, 0.4) is 0 Å². The minimum Gasteiger partial charge on any atom is -0.394 e. The van der Waals surface area contributed by atoms with E-state index in [1.54, 1.807) is 24.3 Å². The van der Waals surface area contributed by atoms with E-state index in [0.717, 1.165) is 5.56 Å². The van der Waals surface area contributed by atoms with Crippen molar-refractivity contribution in [3.8, 4) is 0 Å². The molecular formula is C44H47Cl2FN4O5. The number of aliphatic hydroxyl groups is 2. The molecule has 1 saturated carbocycles. The first kappa shape index (κ1) is 38.9. The quantitative estimate of drug-likeness (QED) is 0.135. The third-order valence-electron chi connectivity index (χ3n) is 13.0. The third kappa shape index (κ3) is 6.33. The van der Waals surface area contributed by atoms with Crippen molar-refractivity contribution in [1.29, 1.82) is 0 Å². The van der Waals surface area contributed by atoms with E-state index >= 15 is 14.0 Å². The number of hydrogen-bond donors (Lipinski definition) is 4. The first-order chi connectivity index (χ1) is 26.9. The van der Waals surface area contributed by atoms with E-state index in [1.165, 1.54) is 6.07 Å². The van der Waals surface area contributed by atoms with Crippen LogP contribution in [0.15, 0.2) is 91.0 Å². The monoisotopic (exact) mass is 800 g/mol. The van der Waals surface area contributed by atoms with Gasteiger partial charge in [-0.3, -0.25) is 14.5 Å². The second-order valence-corrected chi connectivity index (χ2v) is 17.4. The molecule has 3 aromatic carbocycles. The van der Waals surface area contributed by atoms with Crippen LogP contribution in [0, 0.1) is 11.2 Å². The van der Waals surface area contributed by atoms with Crippen molar-refractivity contribution in [3.63, 3.8) is 0 Å². The number of aliphatic hydroxyl groups excluding tert-OH is 2. The van der Waals surface area contributed by atoms with Crippen LogP contribution in [0.5, 0.6) is 0 Å². The Morgan fingerprint density at radius 2 is 1.64 bits per heavy atom. The van der Waals surface area contributed by atoms with Crippen LogP contribution >= 0.6 is 23.2 Å². The highest BCUT2D eigenvalue weighted by Gasteiger charge is 2.77. The second kappa shape index (κ2) is 15.1. The van der Waals surface area contributed by atoms with Gasteiger partial charge in [-0.15, -0.1) is 0 Å². The van der Waals surface area contributed by atoms with Gasteiger partial charge in [0.15, 0.2) is 0 Å².